The van der Waals surface area contributed by atoms with Crippen molar-refractivity contribution in [3.63, 3.8) is 0 Å². The molecule has 2 amide bonds. The standard InChI is InChI=1S/C27H30ClN5O4/c1-31(27(35)37-22-16-36-17-22)24-15-33(14-23(24)19-3-5-21(28)6-4-19)26(34)20-8-10-32(11-9-20)25-7-2-18(12-29)13-30-25/h2-7,13,20,22-24H,8-11,14-17H2,1H3/t23?,24-/m1/s1. The quantitative estimate of drug-likeness (QED) is 0.593. The lowest BCUT2D eigenvalue weighted by atomic mass is 9.93. The molecule has 3 aliphatic heterocycles. The Bertz CT molecular complexity index is 1160. The van der Waals surface area contributed by atoms with Crippen molar-refractivity contribution in [2.24, 2.45) is 5.92 Å². The minimum absolute atomic E-state index is 0.0423. The van der Waals surface area contributed by atoms with E-state index >= 15 is 0 Å². The average molecular weight is 524 g/mol. The van der Waals surface area contributed by atoms with Gasteiger partial charge in [-0.1, -0.05) is 23.7 Å². The summed E-state index contributed by atoms with van der Waals surface area (Å²) in [6.07, 6.45) is 2.43. The van der Waals surface area contributed by atoms with Crippen LogP contribution < -0.4 is 4.90 Å². The number of amides is 2. The van der Waals surface area contributed by atoms with E-state index in [9.17, 15) is 9.59 Å². The van der Waals surface area contributed by atoms with Crippen molar-refractivity contribution in [2.45, 2.75) is 30.9 Å². The number of hydrogen-bond acceptors (Lipinski definition) is 7. The molecule has 1 aromatic heterocycles. The maximum absolute atomic E-state index is 13.6. The lowest BCUT2D eigenvalue weighted by Crippen LogP contribution is -2.47. The molecule has 5 rings (SSSR count). The molecule has 0 spiro atoms. The van der Waals surface area contributed by atoms with Gasteiger partial charge in [-0.2, -0.15) is 5.26 Å². The number of carbonyl (C=O) groups is 2. The third-order valence-corrected chi connectivity index (χ3v) is 7.86. The Balaban J connectivity index is 1.25. The molecule has 0 radical (unpaired) electrons. The van der Waals surface area contributed by atoms with Gasteiger partial charge in [0.1, 0.15) is 11.9 Å². The number of piperidine rings is 1. The first-order valence-electron chi connectivity index (χ1n) is 12.6. The number of nitrogens with zero attached hydrogens (tertiary/aromatic N) is 5. The summed E-state index contributed by atoms with van der Waals surface area (Å²) in [7, 11) is 1.74. The largest absolute Gasteiger partial charge is 0.441 e. The van der Waals surface area contributed by atoms with E-state index in [-0.39, 0.29) is 29.9 Å². The molecule has 3 fully saturated rings. The van der Waals surface area contributed by atoms with Gasteiger partial charge < -0.3 is 24.2 Å². The number of carbonyl (C=O) groups excluding carboxylic acids is 2. The minimum atomic E-state index is -0.394. The van der Waals surface area contributed by atoms with Crippen LogP contribution in [0.5, 0.6) is 0 Å². The van der Waals surface area contributed by atoms with Gasteiger partial charge in [0.05, 0.1) is 24.8 Å². The van der Waals surface area contributed by atoms with Gasteiger partial charge in [-0.15, -0.1) is 0 Å². The summed E-state index contributed by atoms with van der Waals surface area (Å²) < 4.78 is 10.7. The summed E-state index contributed by atoms with van der Waals surface area (Å²) in [6, 6.07) is 13.1. The summed E-state index contributed by atoms with van der Waals surface area (Å²) >= 11 is 6.12. The zero-order valence-corrected chi connectivity index (χ0v) is 21.5. The van der Waals surface area contributed by atoms with E-state index in [1.165, 1.54) is 0 Å². The zero-order valence-electron chi connectivity index (χ0n) is 20.8. The number of likely N-dealkylation sites (tertiary alicyclic amines) is 1. The Hall–Kier alpha value is -3.35. The molecule has 37 heavy (non-hydrogen) atoms. The summed E-state index contributed by atoms with van der Waals surface area (Å²) in [5, 5.41) is 9.64. The van der Waals surface area contributed by atoms with E-state index in [1.807, 2.05) is 35.2 Å². The number of hydrogen-bond donors (Lipinski definition) is 0. The van der Waals surface area contributed by atoms with Crippen LogP contribution in [0.15, 0.2) is 42.6 Å². The Morgan fingerprint density at radius 1 is 1.14 bits per heavy atom. The molecule has 0 saturated carbocycles. The molecular weight excluding hydrogens is 494 g/mol. The van der Waals surface area contributed by atoms with Crippen molar-refractivity contribution in [3.8, 4) is 6.07 Å². The lowest BCUT2D eigenvalue weighted by Gasteiger charge is -2.34. The Labute approximate surface area is 221 Å². The summed E-state index contributed by atoms with van der Waals surface area (Å²) in [4.78, 5) is 36.5. The van der Waals surface area contributed by atoms with Gasteiger partial charge >= 0.3 is 6.09 Å². The normalized spacial score (nSPS) is 22.3. The van der Waals surface area contributed by atoms with Crippen LogP contribution in [-0.4, -0.2) is 85.4 Å². The molecular formula is C27H30ClN5O4. The second-order valence-electron chi connectivity index (χ2n) is 9.90. The molecule has 194 valence electrons. The minimum Gasteiger partial charge on any atom is -0.441 e. The number of aromatic nitrogens is 1. The van der Waals surface area contributed by atoms with E-state index in [2.05, 4.69) is 16.0 Å². The highest BCUT2D eigenvalue weighted by atomic mass is 35.5. The predicted octanol–water partition coefficient (Wildman–Crippen LogP) is 3.28. The fourth-order valence-corrected chi connectivity index (χ4v) is 5.42. The highest BCUT2D eigenvalue weighted by Gasteiger charge is 2.43. The molecule has 0 N–H and O–H groups in total. The highest BCUT2D eigenvalue weighted by Crippen LogP contribution is 2.34. The summed E-state index contributed by atoms with van der Waals surface area (Å²) in [5.41, 5.74) is 1.57. The number of benzene rings is 1. The molecule has 0 bridgehead atoms. The molecule has 9 nitrogen and oxygen atoms in total. The van der Waals surface area contributed by atoms with Gasteiger partial charge in [-0.05, 0) is 42.7 Å². The highest BCUT2D eigenvalue weighted by molar-refractivity contribution is 6.30. The number of rotatable bonds is 5. The van der Waals surface area contributed by atoms with Crippen LogP contribution in [0.2, 0.25) is 5.02 Å². The van der Waals surface area contributed by atoms with Crippen LogP contribution in [-0.2, 0) is 14.3 Å². The molecule has 2 atom stereocenters. The van der Waals surface area contributed by atoms with Crippen LogP contribution in [0.1, 0.15) is 29.9 Å². The Kier molecular flexibility index (Phi) is 7.49. The van der Waals surface area contributed by atoms with Crippen LogP contribution in [0.3, 0.4) is 0 Å². The second-order valence-corrected chi connectivity index (χ2v) is 10.3. The molecule has 1 unspecified atom stereocenters. The number of nitriles is 1. The number of ether oxygens (including phenoxy) is 2. The monoisotopic (exact) mass is 523 g/mol. The number of pyridine rings is 1. The van der Waals surface area contributed by atoms with E-state index in [4.69, 9.17) is 26.3 Å². The lowest BCUT2D eigenvalue weighted by molar-refractivity contribution is -0.135. The van der Waals surface area contributed by atoms with Crippen molar-refractivity contribution < 1.29 is 19.1 Å². The van der Waals surface area contributed by atoms with Crippen LogP contribution in [0.4, 0.5) is 10.6 Å². The first-order chi connectivity index (χ1) is 17.9. The topological polar surface area (TPSA) is 99.0 Å². The van der Waals surface area contributed by atoms with E-state index in [1.54, 1.807) is 24.2 Å². The predicted molar refractivity (Wildman–Crippen MR) is 137 cm³/mol. The second kappa shape index (κ2) is 11.0. The summed E-state index contributed by atoms with van der Waals surface area (Å²) in [5.74, 6) is 0.831. The van der Waals surface area contributed by atoms with Gasteiger partial charge in [0.25, 0.3) is 0 Å². The van der Waals surface area contributed by atoms with Crippen LogP contribution >= 0.6 is 11.6 Å². The fourth-order valence-electron chi connectivity index (χ4n) is 5.29. The molecule has 4 heterocycles. The average Bonchev–Trinajstić information content (AvgIpc) is 3.36. The summed E-state index contributed by atoms with van der Waals surface area (Å²) in [6.45, 7) is 3.28. The first-order valence-corrected chi connectivity index (χ1v) is 13.0. The Morgan fingerprint density at radius 3 is 2.46 bits per heavy atom. The van der Waals surface area contributed by atoms with Crippen molar-refractivity contribution in [3.05, 3.63) is 58.7 Å². The fraction of sp³-hybridized carbons (Fsp3) is 0.481. The van der Waals surface area contributed by atoms with Crippen molar-refractivity contribution in [1.82, 2.24) is 14.8 Å². The van der Waals surface area contributed by atoms with Gasteiger partial charge in [0.2, 0.25) is 5.91 Å². The number of halogens is 1. The van der Waals surface area contributed by atoms with E-state index in [0.717, 1.165) is 37.3 Å². The van der Waals surface area contributed by atoms with Crippen LogP contribution in [0, 0.1) is 17.2 Å². The maximum Gasteiger partial charge on any atom is 0.410 e. The van der Waals surface area contributed by atoms with Crippen molar-refractivity contribution in [1.29, 1.82) is 5.26 Å². The van der Waals surface area contributed by atoms with E-state index in [0.29, 0.717) is 36.9 Å². The number of anilines is 1. The SMILES string of the molecule is CN(C(=O)OC1COC1)[C@@H]1CN(C(=O)C2CCN(c3ccc(C#N)cn3)CC2)CC1c1ccc(Cl)cc1. The van der Waals surface area contributed by atoms with Gasteiger partial charge in [-0.3, -0.25) is 4.79 Å². The molecule has 1 aromatic carbocycles. The van der Waals surface area contributed by atoms with Crippen LogP contribution in [0.25, 0.3) is 0 Å². The maximum atomic E-state index is 13.6. The van der Waals surface area contributed by atoms with Gasteiger partial charge in [-0.25, -0.2) is 9.78 Å². The Morgan fingerprint density at radius 2 is 1.86 bits per heavy atom. The molecule has 10 heteroatoms. The van der Waals surface area contributed by atoms with Gasteiger partial charge in [0.15, 0.2) is 6.10 Å². The van der Waals surface area contributed by atoms with Crippen molar-refractivity contribution in [2.75, 3.05) is 51.3 Å². The molecule has 0 aliphatic carbocycles. The first kappa shape index (κ1) is 25.3. The molecule has 3 saturated heterocycles. The number of likely N-dealkylation sites (N-methyl/N-ethyl adjacent to an activating group) is 1. The smallest absolute Gasteiger partial charge is 0.410 e. The molecule has 2 aromatic rings. The van der Waals surface area contributed by atoms with Gasteiger partial charge in [0, 0.05) is 56.3 Å². The van der Waals surface area contributed by atoms with Crippen molar-refractivity contribution >= 4 is 29.4 Å². The zero-order chi connectivity index (χ0) is 25.9. The van der Waals surface area contributed by atoms with E-state index < -0.39 is 6.09 Å². The molecule has 3 aliphatic rings. The third-order valence-electron chi connectivity index (χ3n) is 7.60. The third kappa shape index (κ3) is 5.50.